The highest BCUT2D eigenvalue weighted by Crippen LogP contribution is 2.29. The summed E-state index contributed by atoms with van der Waals surface area (Å²) in [6, 6.07) is 10.0. The first kappa shape index (κ1) is 22.8. The van der Waals surface area contributed by atoms with Gasteiger partial charge < -0.3 is 9.80 Å². The molecule has 1 aromatic carbocycles. The van der Waals surface area contributed by atoms with Gasteiger partial charge >= 0.3 is 0 Å². The van der Waals surface area contributed by atoms with E-state index < -0.39 is 0 Å². The average molecular weight is 489 g/mol. The Labute approximate surface area is 205 Å². The van der Waals surface area contributed by atoms with E-state index in [-0.39, 0.29) is 5.91 Å². The summed E-state index contributed by atoms with van der Waals surface area (Å²) in [6.45, 7) is 7.65. The second kappa shape index (κ2) is 10.1. The quantitative estimate of drug-likeness (QED) is 0.643. The summed E-state index contributed by atoms with van der Waals surface area (Å²) in [4.78, 5) is 21.9. The number of piperazine rings is 2. The van der Waals surface area contributed by atoms with Crippen molar-refractivity contribution in [3.05, 3.63) is 40.4 Å². The first-order chi connectivity index (χ1) is 16.1. The van der Waals surface area contributed by atoms with Crippen LogP contribution in [0.1, 0.15) is 19.3 Å². The van der Waals surface area contributed by atoms with Crippen molar-refractivity contribution in [2.24, 2.45) is 0 Å². The first-order valence-corrected chi connectivity index (χ1v) is 12.6. The minimum Gasteiger partial charge on any atom is -0.353 e. The highest BCUT2D eigenvalue weighted by Gasteiger charge is 2.30. The molecule has 1 aliphatic carbocycles. The van der Waals surface area contributed by atoms with Crippen LogP contribution in [0, 0.1) is 0 Å². The number of hydrogen-bond acceptors (Lipinski definition) is 6. The van der Waals surface area contributed by atoms with Crippen molar-refractivity contribution in [2.75, 3.05) is 63.8 Å². The molecular weight excluding hydrogens is 459 g/mol. The summed E-state index contributed by atoms with van der Waals surface area (Å²) >= 11 is 12.4. The highest BCUT2D eigenvalue weighted by atomic mass is 35.5. The van der Waals surface area contributed by atoms with E-state index in [9.17, 15) is 4.79 Å². The summed E-state index contributed by atoms with van der Waals surface area (Å²) < 4.78 is 0. The van der Waals surface area contributed by atoms with Gasteiger partial charge in [-0.2, -0.15) is 0 Å². The molecule has 1 amide bonds. The van der Waals surface area contributed by atoms with Gasteiger partial charge in [0.1, 0.15) is 0 Å². The zero-order valence-corrected chi connectivity index (χ0v) is 20.3. The van der Waals surface area contributed by atoms with Crippen LogP contribution in [0.15, 0.2) is 30.3 Å². The Balaban J connectivity index is 1.10. The molecule has 0 bridgehead atoms. The van der Waals surface area contributed by atoms with Gasteiger partial charge in [-0.3, -0.25) is 14.6 Å². The number of halogens is 2. The number of aromatic nitrogens is 2. The third-order valence-electron chi connectivity index (χ3n) is 7.17. The van der Waals surface area contributed by atoms with Crippen LogP contribution in [0.2, 0.25) is 10.0 Å². The van der Waals surface area contributed by atoms with Gasteiger partial charge in [-0.25, -0.2) is 0 Å². The van der Waals surface area contributed by atoms with Crippen molar-refractivity contribution in [1.29, 1.82) is 0 Å². The molecule has 176 valence electrons. The fourth-order valence-corrected chi connectivity index (χ4v) is 5.23. The molecule has 3 aliphatic rings. The predicted octanol–water partition coefficient (Wildman–Crippen LogP) is 3.27. The summed E-state index contributed by atoms with van der Waals surface area (Å²) in [5.74, 6) is 1.11. The molecule has 1 saturated carbocycles. The number of hydrogen-bond donors (Lipinski definition) is 0. The molecule has 5 rings (SSSR count). The van der Waals surface area contributed by atoms with Gasteiger partial charge in [0.15, 0.2) is 5.82 Å². The van der Waals surface area contributed by atoms with Gasteiger partial charge in [0.05, 0.1) is 17.3 Å². The molecule has 7 nitrogen and oxygen atoms in total. The number of amides is 1. The van der Waals surface area contributed by atoms with Crippen LogP contribution < -0.4 is 4.90 Å². The van der Waals surface area contributed by atoms with Gasteiger partial charge in [-0.1, -0.05) is 29.6 Å². The maximum atomic E-state index is 12.8. The fourth-order valence-electron chi connectivity index (χ4n) is 4.85. The van der Waals surface area contributed by atoms with E-state index in [1.54, 1.807) is 18.2 Å². The van der Waals surface area contributed by atoms with E-state index in [0.717, 1.165) is 69.8 Å². The third kappa shape index (κ3) is 5.27. The van der Waals surface area contributed by atoms with E-state index in [2.05, 4.69) is 24.9 Å². The predicted molar refractivity (Wildman–Crippen MR) is 132 cm³/mol. The molecule has 3 heterocycles. The van der Waals surface area contributed by atoms with Crippen molar-refractivity contribution in [1.82, 2.24) is 24.9 Å². The smallest absolute Gasteiger partial charge is 0.236 e. The van der Waals surface area contributed by atoms with Gasteiger partial charge in [0.25, 0.3) is 0 Å². The lowest BCUT2D eigenvalue weighted by Gasteiger charge is -2.43. The number of anilines is 1. The molecule has 33 heavy (non-hydrogen) atoms. The molecule has 2 aromatic rings. The Bertz CT molecular complexity index is 967. The molecule has 9 heteroatoms. The Morgan fingerprint density at radius 1 is 0.909 bits per heavy atom. The standard InChI is InChI=1S/C24H30Cl2N6O/c25-18-4-5-21(26)20(16-18)22-6-7-23(28-27-22)31-10-8-29(9-11-31)17-24(33)32-14-12-30(13-15-32)19-2-1-3-19/h4-7,16,19H,1-3,8-15,17H2. The van der Waals surface area contributed by atoms with Crippen LogP contribution in [0.5, 0.6) is 0 Å². The number of benzene rings is 1. The number of rotatable bonds is 5. The van der Waals surface area contributed by atoms with Crippen LogP contribution in [0.3, 0.4) is 0 Å². The topological polar surface area (TPSA) is 55.8 Å². The maximum absolute atomic E-state index is 12.8. The molecule has 2 saturated heterocycles. The van der Waals surface area contributed by atoms with Crippen LogP contribution in [-0.2, 0) is 4.79 Å². The van der Waals surface area contributed by atoms with Crippen LogP contribution >= 0.6 is 23.2 Å². The largest absolute Gasteiger partial charge is 0.353 e. The average Bonchev–Trinajstić information content (AvgIpc) is 2.81. The Hall–Kier alpha value is -1.93. The number of carbonyl (C=O) groups excluding carboxylic acids is 1. The van der Waals surface area contributed by atoms with Gasteiger partial charge in [-0.05, 0) is 43.2 Å². The molecule has 0 radical (unpaired) electrons. The molecule has 2 aliphatic heterocycles. The molecule has 0 spiro atoms. The molecule has 0 atom stereocenters. The summed E-state index contributed by atoms with van der Waals surface area (Å²) in [7, 11) is 0. The second-order valence-electron chi connectivity index (χ2n) is 9.17. The minimum atomic E-state index is 0.263. The Kier molecular flexibility index (Phi) is 7.02. The Morgan fingerprint density at radius 3 is 2.30 bits per heavy atom. The monoisotopic (exact) mass is 488 g/mol. The normalized spacial score (nSPS) is 20.7. The summed E-state index contributed by atoms with van der Waals surface area (Å²) in [6.07, 6.45) is 4.03. The molecule has 0 unspecified atom stereocenters. The first-order valence-electron chi connectivity index (χ1n) is 11.8. The van der Waals surface area contributed by atoms with E-state index in [1.165, 1.54) is 19.3 Å². The number of nitrogens with zero attached hydrogens (tertiary/aromatic N) is 6. The summed E-state index contributed by atoms with van der Waals surface area (Å²) in [5.41, 5.74) is 1.48. The maximum Gasteiger partial charge on any atom is 0.236 e. The van der Waals surface area contributed by atoms with Gasteiger partial charge in [0.2, 0.25) is 5.91 Å². The number of carbonyl (C=O) groups is 1. The van der Waals surface area contributed by atoms with Crippen molar-refractivity contribution >= 4 is 34.9 Å². The van der Waals surface area contributed by atoms with Crippen molar-refractivity contribution in [2.45, 2.75) is 25.3 Å². The van der Waals surface area contributed by atoms with Crippen molar-refractivity contribution in [3.63, 3.8) is 0 Å². The van der Waals surface area contributed by atoms with E-state index >= 15 is 0 Å². The van der Waals surface area contributed by atoms with Crippen molar-refractivity contribution < 1.29 is 4.79 Å². The lowest BCUT2D eigenvalue weighted by molar-refractivity contribution is -0.134. The Morgan fingerprint density at radius 2 is 1.67 bits per heavy atom. The van der Waals surface area contributed by atoms with Gasteiger partial charge in [0, 0.05) is 69.0 Å². The zero-order valence-electron chi connectivity index (χ0n) is 18.8. The van der Waals surface area contributed by atoms with E-state index in [4.69, 9.17) is 23.2 Å². The lowest BCUT2D eigenvalue weighted by Crippen LogP contribution is -2.56. The third-order valence-corrected chi connectivity index (χ3v) is 7.73. The van der Waals surface area contributed by atoms with Crippen LogP contribution in [0.4, 0.5) is 5.82 Å². The lowest BCUT2D eigenvalue weighted by atomic mass is 9.91. The van der Waals surface area contributed by atoms with Crippen LogP contribution in [-0.4, -0.2) is 95.7 Å². The van der Waals surface area contributed by atoms with Gasteiger partial charge in [-0.15, -0.1) is 10.2 Å². The van der Waals surface area contributed by atoms with E-state index in [0.29, 0.717) is 22.3 Å². The molecule has 0 N–H and O–H groups in total. The molecule has 1 aromatic heterocycles. The fraction of sp³-hybridized carbons (Fsp3) is 0.542. The van der Waals surface area contributed by atoms with Crippen molar-refractivity contribution in [3.8, 4) is 11.3 Å². The molecule has 3 fully saturated rings. The molecular formula is C24H30Cl2N6O. The highest BCUT2D eigenvalue weighted by molar-refractivity contribution is 6.35. The zero-order chi connectivity index (χ0) is 22.8. The van der Waals surface area contributed by atoms with E-state index in [1.807, 2.05) is 17.0 Å². The second-order valence-corrected chi connectivity index (χ2v) is 10.0. The minimum absolute atomic E-state index is 0.263. The SMILES string of the molecule is O=C(CN1CCN(c2ccc(-c3cc(Cl)ccc3Cl)nn2)CC1)N1CCN(C2CCC2)CC1. The van der Waals surface area contributed by atoms with Crippen LogP contribution in [0.25, 0.3) is 11.3 Å². The summed E-state index contributed by atoms with van der Waals surface area (Å²) in [5, 5.41) is 10.0.